The van der Waals surface area contributed by atoms with E-state index in [4.69, 9.17) is 11.6 Å². The molecule has 1 aliphatic rings. The number of anilines is 1. The van der Waals surface area contributed by atoms with Gasteiger partial charge in [0, 0.05) is 17.6 Å². The quantitative estimate of drug-likeness (QED) is 0.332. The van der Waals surface area contributed by atoms with Crippen molar-refractivity contribution in [2.75, 3.05) is 10.8 Å². The van der Waals surface area contributed by atoms with Gasteiger partial charge in [-0.2, -0.15) is 0 Å². The minimum Gasteiger partial charge on any atom is -0.352 e. The minimum absolute atomic E-state index is 0.0647. The number of rotatable bonds is 10. The Bertz CT molecular complexity index is 1410. The van der Waals surface area contributed by atoms with Crippen LogP contribution in [0.4, 0.5) is 5.69 Å². The van der Waals surface area contributed by atoms with Gasteiger partial charge < -0.3 is 10.2 Å². The smallest absolute Gasteiger partial charge is 0.264 e. The molecule has 7 nitrogen and oxygen atoms in total. The van der Waals surface area contributed by atoms with Crippen molar-refractivity contribution >= 4 is 39.1 Å². The van der Waals surface area contributed by atoms with Gasteiger partial charge in [-0.3, -0.25) is 13.9 Å². The average Bonchev–Trinajstić information content (AvgIpc) is 2.96. The predicted octanol–water partition coefficient (Wildman–Crippen LogP) is 5.71. The van der Waals surface area contributed by atoms with Gasteiger partial charge in [0.05, 0.1) is 10.6 Å². The molecule has 1 N–H and O–H groups in total. The van der Waals surface area contributed by atoms with Crippen molar-refractivity contribution in [2.24, 2.45) is 0 Å². The van der Waals surface area contributed by atoms with Crippen molar-refractivity contribution in [1.82, 2.24) is 10.2 Å². The van der Waals surface area contributed by atoms with Crippen molar-refractivity contribution in [2.45, 2.75) is 69.5 Å². The van der Waals surface area contributed by atoms with Crippen LogP contribution in [-0.4, -0.2) is 43.8 Å². The second-order valence-corrected chi connectivity index (χ2v) is 12.6. The van der Waals surface area contributed by atoms with E-state index in [0.29, 0.717) is 16.3 Å². The normalized spacial score (nSPS) is 14.8. The minimum atomic E-state index is -4.12. The van der Waals surface area contributed by atoms with Gasteiger partial charge in [-0.1, -0.05) is 79.4 Å². The third-order valence-electron chi connectivity index (χ3n) is 7.35. The lowest BCUT2D eigenvalue weighted by Gasteiger charge is -2.33. The molecule has 212 valence electrons. The molecular weight excluding hydrogens is 546 g/mol. The maximum absolute atomic E-state index is 14.0. The van der Waals surface area contributed by atoms with E-state index in [1.54, 1.807) is 50.2 Å². The molecule has 0 heterocycles. The van der Waals surface area contributed by atoms with Crippen LogP contribution in [0.5, 0.6) is 0 Å². The first-order valence-corrected chi connectivity index (χ1v) is 15.5. The molecule has 1 aliphatic carbocycles. The summed E-state index contributed by atoms with van der Waals surface area (Å²) in [5.74, 6) is -0.722. The van der Waals surface area contributed by atoms with Gasteiger partial charge in [0.2, 0.25) is 11.8 Å². The summed E-state index contributed by atoms with van der Waals surface area (Å²) < 4.78 is 28.9. The molecule has 3 aromatic rings. The molecule has 0 spiro atoms. The second kappa shape index (κ2) is 13.3. The standard InChI is InChI=1S/C31H36ClN3O4S/c1-23-20-26(32)18-19-29(23)35(40(38,39)28-16-10-5-11-17-28)22-30(36)34(21-25-12-6-3-7-13-25)24(2)31(37)33-27-14-8-4-9-15-27/h3,5-7,10-13,16-20,24,27H,4,8-9,14-15,21-22H2,1-2H3,(H,33,37)/t24-/m0/s1. The molecular formula is C31H36ClN3O4S. The van der Waals surface area contributed by atoms with Crippen LogP contribution in [0.2, 0.25) is 5.02 Å². The number of aryl methyl sites for hydroxylation is 1. The van der Waals surface area contributed by atoms with E-state index in [2.05, 4.69) is 5.32 Å². The summed E-state index contributed by atoms with van der Waals surface area (Å²) in [4.78, 5) is 28.9. The first-order valence-electron chi connectivity index (χ1n) is 13.6. The Hall–Kier alpha value is -3.36. The van der Waals surface area contributed by atoms with Gasteiger partial charge in [0.25, 0.3) is 10.0 Å². The largest absolute Gasteiger partial charge is 0.352 e. The van der Waals surface area contributed by atoms with Crippen molar-refractivity contribution in [3.8, 4) is 0 Å². The number of hydrogen-bond donors (Lipinski definition) is 1. The molecule has 1 atom stereocenters. The van der Waals surface area contributed by atoms with Crippen LogP contribution in [0.1, 0.15) is 50.2 Å². The molecule has 0 aliphatic heterocycles. The first-order chi connectivity index (χ1) is 19.2. The summed E-state index contributed by atoms with van der Waals surface area (Å²) >= 11 is 6.17. The van der Waals surface area contributed by atoms with Crippen LogP contribution in [0, 0.1) is 6.92 Å². The van der Waals surface area contributed by atoms with E-state index in [-0.39, 0.29) is 23.4 Å². The van der Waals surface area contributed by atoms with Crippen molar-refractivity contribution < 1.29 is 18.0 Å². The first kappa shape index (κ1) is 29.6. The number of nitrogens with one attached hydrogen (secondary N) is 1. The number of hydrogen-bond acceptors (Lipinski definition) is 4. The molecule has 1 fully saturated rings. The SMILES string of the molecule is Cc1cc(Cl)ccc1N(CC(=O)N(Cc1ccccc1)[C@@H](C)C(=O)NC1CCCCC1)S(=O)(=O)c1ccccc1. The maximum atomic E-state index is 14.0. The van der Waals surface area contributed by atoms with E-state index in [1.165, 1.54) is 17.0 Å². The van der Waals surface area contributed by atoms with Gasteiger partial charge in [-0.15, -0.1) is 0 Å². The molecule has 0 aromatic heterocycles. The highest BCUT2D eigenvalue weighted by Crippen LogP contribution is 2.29. The van der Waals surface area contributed by atoms with Gasteiger partial charge >= 0.3 is 0 Å². The Balaban J connectivity index is 1.68. The Kier molecular flexibility index (Phi) is 9.87. The van der Waals surface area contributed by atoms with Crippen LogP contribution < -0.4 is 9.62 Å². The van der Waals surface area contributed by atoms with Gasteiger partial charge in [0.15, 0.2) is 0 Å². The molecule has 3 aromatic carbocycles. The number of halogens is 1. The number of benzene rings is 3. The van der Waals surface area contributed by atoms with Gasteiger partial charge in [0.1, 0.15) is 12.6 Å². The van der Waals surface area contributed by atoms with Gasteiger partial charge in [-0.05, 0) is 68.1 Å². The highest BCUT2D eigenvalue weighted by molar-refractivity contribution is 7.92. The molecule has 0 radical (unpaired) electrons. The van der Waals surface area contributed by atoms with Crippen LogP contribution in [-0.2, 0) is 26.2 Å². The van der Waals surface area contributed by atoms with Crippen molar-refractivity contribution in [3.63, 3.8) is 0 Å². The highest BCUT2D eigenvalue weighted by Gasteiger charge is 2.33. The van der Waals surface area contributed by atoms with E-state index in [1.807, 2.05) is 30.3 Å². The van der Waals surface area contributed by atoms with Crippen LogP contribution >= 0.6 is 11.6 Å². The fraction of sp³-hybridized carbons (Fsp3) is 0.355. The number of carbonyl (C=O) groups excluding carboxylic acids is 2. The Morgan fingerprint density at radius 2 is 1.57 bits per heavy atom. The van der Waals surface area contributed by atoms with Crippen molar-refractivity contribution in [3.05, 3.63) is 95.0 Å². The molecule has 4 rings (SSSR count). The number of carbonyl (C=O) groups is 2. The van der Waals surface area contributed by atoms with Crippen molar-refractivity contribution in [1.29, 1.82) is 0 Å². The summed E-state index contributed by atoms with van der Waals surface area (Å²) in [5, 5.41) is 3.58. The lowest BCUT2D eigenvalue weighted by molar-refractivity contribution is -0.139. The highest BCUT2D eigenvalue weighted by atomic mass is 35.5. The van der Waals surface area contributed by atoms with E-state index < -0.39 is 28.5 Å². The monoisotopic (exact) mass is 581 g/mol. The van der Waals surface area contributed by atoms with E-state index >= 15 is 0 Å². The zero-order valence-corrected chi connectivity index (χ0v) is 24.5. The summed E-state index contributed by atoms with van der Waals surface area (Å²) in [5.41, 5.74) is 1.80. The number of nitrogens with zero attached hydrogens (tertiary/aromatic N) is 2. The molecule has 40 heavy (non-hydrogen) atoms. The predicted molar refractivity (Wildman–Crippen MR) is 159 cm³/mol. The third-order valence-corrected chi connectivity index (χ3v) is 9.36. The zero-order chi connectivity index (χ0) is 28.7. The topological polar surface area (TPSA) is 86.8 Å². The summed E-state index contributed by atoms with van der Waals surface area (Å²) in [7, 11) is -4.12. The maximum Gasteiger partial charge on any atom is 0.264 e. The number of sulfonamides is 1. The summed E-state index contributed by atoms with van der Waals surface area (Å²) in [6, 6.07) is 21.5. The van der Waals surface area contributed by atoms with E-state index in [0.717, 1.165) is 42.0 Å². The van der Waals surface area contributed by atoms with Crippen LogP contribution in [0.3, 0.4) is 0 Å². The molecule has 9 heteroatoms. The number of amides is 2. The Morgan fingerprint density at radius 3 is 2.20 bits per heavy atom. The molecule has 2 amide bonds. The fourth-order valence-electron chi connectivity index (χ4n) is 5.06. The van der Waals surface area contributed by atoms with Crippen LogP contribution in [0.25, 0.3) is 0 Å². The fourth-order valence-corrected chi connectivity index (χ4v) is 6.79. The summed E-state index contributed by atoms with van der Waals surface area (Å²) in [6.45, 7) is 3.13. The van der Waals surface area contributed by atoms with E-state index in [9.17, 15) is 18.0 Å². The summed E-state index contributed by atoms with van der Waals surface area (Å²) in [6.07, 6.45) is 5.14. The average molecular weight is 582 g/mol. The Labute approximate surface area is 242 Å². The molecule has 0 saturated heterocycles. The van der Waals surface area contributed by atoms with Gasteiger partial charge in [-0.25, -0.2) is 8.42 Å². The molecule has 0 unspecified atom stereocenters. The Morgan fingerprint density at radius 1 is 0.950 bits per heavy atom. The third kappa shape index (κ3) is 7.23. The van der Waals surface area contributed by atoms with Crippen LogP contribution in [0.15, 0.2) is 83.8 Å². The lowest BCUT2D eigenvalue weighted by atomic mass is 9.95. The molecule has 1 saturated carbocycles. The zero-order valence-electron chi connectivity index (χ0n) is 22.9. The lowest BCUT2D eigenvalue weighted by Crippen LogP contribution is -2.53. The second-order valence-electron chi connectivity index (χ2n) is 10.3. The molecule has 0 bridgehead atoms.